The lowest BCUT2D eigenvalue weighted by molar-refractivity contribution is 0.0839. The lowest BCUT2D eigenvalue weighted by Crippen LogP contribution is -2.35. The van der Waals surface area contributed by atoms with Crippen molar-refractivity contribution in [2.24, 2.45) is 0 Å². The molecule has 0 radical (unpaired) electrons. The SMILES string of the molecule is O=C(NCC(O)COc1ccc2c(c1)OCO2)c1cc(-c2ccco2)n(-c2cccc(Cl)c2)n1. The van der Waals surface area contributed by atoms with Crippen LogP contribution in [0.4, 0.5) is 0 Å². The van der Waals surface area contributed by atoms with E-state index in [4.69, 9.17) is 30.2 Å². The van der Waals surface area contributed by atoms with E-state index in [1.54, 1.807) is 65.5 Å². The number of aliphatic hydroxyl groups is 1. The Labute approximate surface area is 199 Å². The molecule has 0 bridgehead atoms. The molecule has 3 heterocycles. The minimum atomic E-state index is -0.936. The van der Waals surface area contributed by atoms with Gasteiger partial charge in [0.25, 0.3) is 5.91 Å². The van der Waals surface area contributed by atoms with Gasteiger partial charge >= 0.3 is 0 Å². The summed E-state index contributed by atoms with van der Waals surface area (Å²) in [7, 11) is 0. The fourth-order valence-electron chi connectivity index (χ4n) is 3.42. The maximum atomic E-state index is 12.8. The fourth-order valence-corrected chi connectivity index (χ4v) is 3.60. The number of hydrogen-bond acceptors (Lipinski definition) is 7. The molecule has 9 nitrogen and oxygen atoms in total. The van der Waals surface area contributed by atoms with E-state index in [9.17, 15) is 9.90 Å². The van der Waals surface area contributed by atoms with Crippen molar-refractivity contribution >= 4 is 17.5 Å². The summed E-state index contributed by atoms with van der Waals surface area (Å²) in [4.78, 5) is 12.8. The van der Waals surface area contributed by atoms with E-state index < -0.39 is 12.0 Å². The number of amides is 1. The second-order valence-corrected chi connectivity index (χ2v) is 7.91. The van der Waals surface area contributed by atoms with Gasteiger partial charge in [-0.3, -0.25) is 4.79 Å². The third-order valence-corrected chi connectivity index (χ3v) is 5.29. The van der Waals surface area contributed by atoms with Crippen molar-refractivity contribution in [3.8, 4) is 34.4 Å². The molecule has 0 spiro atoms. The first-order valence-electron chi connectivity index (χ1n) is 10.5. The minimum absolute atomic E-state index is 0.0193. The number of hydrogen-bond donors (Lipinski definition) is 2. The molecule has 0 saturated carbocycles. The molecule has 4 aromatic rings. The predicted octanol–water partition coefficient (Wildman–Crippen LogP) is 3.68. The molecule has 2 N–H and O–H groups in total. The highest BCUT2D eigenvalue weighted by atomic mass is 35.5. The molecule has 10 heteroatoms. The molecule has 1 amide bonds. The average molecular weight is 482 g/mol. The number of rotatable bonds is 8. The van der Waals surface area contributed by atoms with Crippen LogP contribution in [0.5, 0.6) is 17.2 Å². The summed E-state index contributed by atoms with van der Waals surface area (Å²) in [6.45, 7) is 0.125. The quantitative estimate of drug-likeness (QED) is 0.395. The van der Waals surface area contributed by atoms with Gasteiger partial charge < -0.3 is 29.1 Å². The van der Waals surface area contributed by atoms with Gasteiger partial charge in [-0.2, -0.15) is 5.10 Å². The second kappa shape index (κ2) is 9.50. The topological polar surface area (TPSA) is 108 Å². The van der Waals surface area contributed by atoms with E-state index in [1.165, 1.54) is 0 Å². The molecule has 0 saturated heterocycles. The number of nitrogens with one attached hydrogen (secondary N) is 1. The van der Waals surface area contributed by atoms with Gasteiger partial charge in [-0.15, -0.1) is 0 Å². The maximum absolute atomic E-state index is 12.8. The molecular formula is C24H20ClN3O6. The van der Waals surface area contributed by atoms with Crippen molar-refractivity contribution in [1.82, 2.24) is 15.1 Å². The Kier molecular flexibility index (Phi) is 6.11. The Balaban J connectivity index is 1.24. The van der Waals surface area contributed by atoms with E-state index in [0.29, 0.717) is 39.4 Å². The molecule has 0 aliphatic carbocycles. The number of carbonyl (C=O) groups excluding carboxylic acids is 1. The number of ether oxygens (including phenoxy) is 3. The van der Waals surface area contributed by atoms with Gasteiger partial charge in [0, 0.05) is 23.7 Å². The summed E-state index contributed by atoms with van der Waals surface area (Å²) in [6.07, 6.45) is 0.606. The van der Waals surface area contributed by atoms with E-state index in [-0.39, 0.29) is 25.6 Å². The van der Waals surface area contributed by atoms with Crippen LogP contribution in [-0.2, 0) is 0 Å². The number of benzene rings is 2. The van der Waals surface area contributed by atoms with Crippen molar-refractivity contribution in [1.29, 1.82) is 0 Å². The molecule has 1 aliphatic heterocycles. The van der Waals surface area contributed by atoms with Crippen molar-refractivity contribution in [2.45, 2.75) is 6.10 Å². The highest BCUT2D eigenvalue weighted by Gasteiger charge is 2.20. The first-order valence-corrected chi connectivity index (χ1v) is 10.8. The van der Waals surface area contributed by atoms with Gasteiger partial charge in [0.15, 0.2) is 23.0 Å². The van der Waals surface area contributed by atoms with Gasteiger partial charge in [-0.05, 0) is 42.5 Å². The number of halogens is 1. The van der Waals surface area contributed by atoms with Crippen LogP contribution in [0.1, 0.15) is 10.5 Å². The van der Waals surface area contributed by atoms with Crippen molar-refractivity contribution < 1.29 is 28.5 Å². The first-order chi connectivity index (χ1) is 16.6. The fraction of sp³-hybridized carbons (Fsp3) is 0.167. The summed E-state index contributed by atoms with van der Waals surface area (Å²) < 4.78 is 23.2. The van der Waals surface area contributed by atoms with E-state index >= 15 is 0 Å². The first kappa shape index (κ1) is 21.9. The molecular weight excluding hydrogens is 462 g/mol. The number of aliphatic hydroxyl groups excluding tert-OH is 1. The van der Waals surface area contributed by atoms with Crippen LogP contribution in [0.15, 0.2) is 71.3 Å². The van der Waals surface area contributed by atoms with Crippen LogP contribution in [0.2, 0.25) is 5.02 Å². The highest BCUT2D eigenvalue weighted by Crippen LogP contribution is 2.35. The molecule has 34 heavy (non-hydrogen) atoms. The molecule has 5 rings (SSSR count). The summed E-state index contributed by atoms with van der Waals surface area (Å²) >= 11 is 6.13. The zero-order valence-electron chi connectivity index (χ0n) is 17.8. The van der Waals surface area contributed by atoms with Gasteiger partial charge in [-0.1, -0.05) is 17.7 Å². The van der Waals surface area contributed by atoms with Gasteiger partial charge in [0.2, 0.25) is 6.79 Å². The number of carbonyl (C=O) groups is 1. The lowest BCUT2D eigenvalue weighted by atomic mass is 10.2. The van der Waals surface area contributed by atoms with E-state index in [2.05, 4.69) is 10.4 Å². The van der Waals surface area contributed by atoms with Crippen LogP contribution in [-0.4, -0.2) is 46.8 Å². The van der Waals surface area contributed by atoms with Crippen LogP contribution >= 0.6 is 11.6 Å². The third kappa shape index (κ3) is 4.70. The Hall–Kier alpha value is -3.95. The van der Waals surface area contributed by atoms with Crippen LogP contribution < -0.4 is 19.5 Å². The molecule has 2 aromatic heterocycles. The zero-order valence-corrected chi connectivity index (χ0v) is 18.6. The smallest absolute Gasteiger partial charge is 0.271 e. The van der Waals surface area contributed by atoms with Crippen LogP contribution in [0.25, 0.3) is 17.1 Å². The van der Waals surface area contributed by atoms with Gasteiger partial charge in [-0.25, -0.2) is 4.68 Å². The normalized spacial score (nSPS) is 13.0. The van der Waals surface area contributed by atoms with Gasteiger partial charge in [0.05, 0.1) is 12.0 Å². The molecule has 0 fully saturated rings. The van der Waals surface area contributed by atoms with E-state index in [1.807, 2.05) is 6.07 Å². The molecule has 2 aromatic carbocycles. The summed E-state index contributed by atoms with van der Waals surface area (Å²) in [6, 6.07) is 17.4. The van der Waals surface area contributed by atoms with E-state index in [0.717, 1.165) is 0 Å². The highest BCUT2D eigenvalue weighted by molar-refractivity contribution is 6.30. The average Bonchev–Trinajstić information content (AvgIpc) is 3.60. The molecule has 1 unspecified atom stereocenters. The Morgan fingerprint density at radius 2 is 2.03 bits per heavy atom. The number of fused-ring (bicyclic) bond motifs is 1. The van der Waals surface area contributed by atoms with Crippen molar-refractivity contribution in [3.63, 3.8) is 0 Å². The summed E-state index contributed by atoms with van der Waals surface area (Å²) in [5.74, 6) is 1.85. The van der Waals surface area contributed by atoms with Crippen molar-refractivity contribution in [2.75, 3.05) is 19.9 Å². The number of nitrogens with zero attached hydrogens (tertiary/aromatic N) is 2. The zero-order chi connectivity index (χ0) is 23.5. The summed E-state index contributed by atoms with van der Waals surface area (Å²) in [5.41, 5.74) is 1.43. The molecule has 1 atom stereocenters. The predicted molar refractivity (Wildman–Crippen MR) is 123 cm³/mol. The largest absolute Gasteiger partial charge is 0.491 e. The number of aromatic nitrogens is 2. The summed E-state index contributed by atoms with van der Waals surface area (Å²) in [5, 5.41) is 17.9. The Bertz CT molecular complexity index is 1300. The van der Waals surface area contributed by atoms with Crippen LogP contribution in [0.3, 0.4) is 0 Å². The van der Waals surface area contributed by atoms with Crippen LogP contribution in [0, 0.1) is 0 Å². The maximum Gasteiger partial charge on any atom is 0.271 e. The molecule has 1 aliphatic rings. The van der Waals surface area contributed by atoms with Crippen molar-refractivity contribution in [3.05, 3.63) is 77.6 Å². The lowest BCUT2D eigenvalue weighted by Gasteiger charge is -2.13. The third-order valence-electron chi connectivity index (χ3n) is 5.05. The monoisotopic (exact) mass is 481 g/mol. The number of furan rings is 1. The Morgan fingerprint density at radius 3 is 2.85 bits per heavy atom. The molecule has 174 valence electrons. The van der Waals surface area contributed by atoms with Gasteiger partial charge in [0.1, 0.15) is 24.2 Å². The minimum Gasteiger partial charge on any atom is -0.491 e. The standard InChI is InChI=1S/C24H20ClN3O6/c25-15-3-1-4-16(9-15)28-20(21-5-2-8-31-21)11-19(27-28)24(30)26-12-17(29)13-32-18-6-7-22-23(10-18)34-14-33-22/h1-11,17,29H,12-14H2,(H,26,30). The Morgan fingerprint density at radius 1 is 1.15 bits per heavy atom. The second-order valence-electron chi connectivity index (χ2n) is 7.47.